The van der Waals surface area contributed by atoms with E-state index in [1.165, 1.54) is 5.70 Å². The van der Waals surface area contributed by atoms with Crippen LogP contribution in [0.15, 0.2) is 35.4 Å². The van der Waals surface area contributed by atoms with E-state index in [9.17, 15) is 0 Å². The lowest BCUT2D eigenvalue weighted by atomic mass is 10.2. The van der Waals surface area contributed by atoms with Crippen LogP contribution < -0.4 is 0 Å². The molecule has 1 heterocycles. The van der Waals surface area contributed by atoms with Crippen molar-refractivity contribution in [1.29, 1.82) is 0 Å². The Labute approximate surface area is 66.2 Å². The van der Waals surface area contributed by atoms with Gasteiger partial charge in [0.05, 0.1) is 0 Å². The molecule has 2 heteroatoms. The largest absolute Gasteiger partial charge is 0.320 e. The van der Waals surface area contributed by atoms with E-state index in [0.29, 0.717) is 0 Å². The van der Waals surface area contributed by atoms with E-state index < -0.39 is 0 Å². The smallest absolute Gasteiger partial charge is 0.0216 e. The quantitative estimate of drug-likeness (QED) is 0.492. The van der Waals surface area contributed by atoms with Crippen molar-refractivity contribution in [2.45, 2.75) is 6.92 Å². The molecule has 0 aromatic heterocycles. The standard InChI is InChI=1S/C8H11NS/c1-7-4-5-10-9(3)8(2)6-7/h4-6H,1H2,2-3H3. The molecule has 0 radical (unpaired) electrons. The Balaban J connectivity index is 2.83. The fourth-order valence-electron chi connectivity index (χ4n) is 0.700. The molecule has 1 nitrogen and oxygen atoms in total. The average molecular weight is 153 g/mol. The zero-order chi connectivity index (χ0) is 7.56. The molecule has 0 aromatic rings. The van der Waals surface area contributed by atoms with Crippen molar-refractivity contribution in [1.82, 2.24) is 4.31 Å². The van der Waals surface area contributed by atoms with Gasteiger partial charge in [0.25, 0.3) is 0 Å². The van der Waals surface area contributed by atoms with Crippen LogP contribution in [0, 0.1) is 0 Å². The fraction of sp³-hybridized carbons (Fsp3) is 0.250. The number of hydrogen-bond acceptors (Lipinski definition) is 2. The molecule has 54 valence electrons. The maximum atomic E-state index is 3.86. The van der Waals surface area contributed by atoms with Gasteiger partial charge in [0.1, 0.15) is 0 Å². The van der Waals surface area contributed by atoms with E-state index in [0.717, 1.165) is 5.57 Å². The van der Waals surface area contributed by atoms with Gasteiger partial charge in [-0.2, -0.15) is 0 Å². The van der Waals surface area contributed by atoms with Crippen molar-refractivity contribution in [3.63, 3.8) is 0 Å². The summed E-state index contributed by atoms with van der Waals surface area (Å²) in [6, 6.07) is 0. The van der Waals surface area contributed by atoms with E-state index in [2.05, 4.69) is 23.9 Å². The van der Waals surface area contributed by atoms with Gasteiger partial charge in [-0.1, -0.05) is 6.58 Å². The maximum Gasteiger partial charge on any atom is 0.0216 e. The molecule has 0 fully saturated rings. The normalized spacial score (nSPS) is 18.8. The van der Waals surface area contributed by atoms with Crippen LogP contribution >= 0.6 is 11.9 Å². The van der Waals surface area contributed by atoms with Gasteiger partial charge >= 0.3 is 0 Å². The predicted molar refractivity (Wildman–Crippen MR) is 47.4 cm³/mol. The second-order valence-corrected chi connectivity index (χ2v) is 3.30. The van der Waals surface area contributed by atoms with Crippen LogP contribution in [0.4, 0.5) is 0 Å². The molecule has 0 N–H and O–H groups in total. The highest BCUT2D eigenvalue weighted by molar-refractivity contribution is 8.00. The molecule has 10 heavy (non-hydrogen) atoms. The maximum absolute atomic E-state index is 3.86. The van der Waals surface area contributed by atoms with E-state index in [1.807, 2.05) is 18.5 Å². The van der Waals surface area contributed by atoms with E-state index in [-0.39, 0.29) is 0 Å². The van der Waals surface area contributed by atoms with Gasteiger partial charge in [0.15, 0.2) is 0 Å². The minimum absolute atomic E-state index is 1.06. The Kier molecular flexibility index (Phi) is 2.22. The van der Waals surface area contributed by atoms with Crippen molar-refractivity contribution in [2.24, 2.45) is 0 Å². The van der Waals surface area contributed by atoms with E-state index >= 15 is 0 Å². The highest BCUT2D eigenvalue weighted by Crippen LogP contribution is 2.20. The van der Waals surface area contributed by atoms with Crippen LogP contribution in [-0.4, -0.2) is 11.4 Å². The number of hydrogen-bond donors (Lipinski definition) is 0. The molecule has 0 saturated carbocycles. The van der Waals surface area contributed by atoms with Crippen molar-refractivity contribution in [3.8, 4) is 0 Å². The molecule has 1 aliphatic heterocycles. The summed E-state index contributed by atoms with van der Waals surface area (Å²) in [6.07, 6.45) is 4.08. The van der Waals surface area contributed by atoms with Crippen LogP contribution in [-0.2, 0) is 0 Å². The van der Waals surface area contributed by atoms with Crippen molar-refractivity contribution in [3.05, 3.63) is 35.4 Å². The van der Waals surface area contributed by atoms with E-state index in [4.69, 9.17) is 0 Å². The van der Waals surface area contributed by atoms with Crippen LogP contribution in [0.1, 0.15) is 6.92 Å². The number of allylic oxidation sites excluding steroid dienone is 4. The van der Waals surface area contributed by atoms with Gasteiger partial charge in [-0.15, -0.1) is 0 Å². The van der Waals surface area contributed by atoms with E-state index in [1.54, 1.807) is 11.9 Å². The number of nitrogens with zero attached hydrogens (tertiary/aromatic N) is 1. The first-order chi connectivity index (χ1) is 4.70. The number of rotatable bonds is 0. The van der Waals surface area contributed by atoms with Gasteiger partial charge in [-0.25, -0.2) is 0 Å². The summed E-state index contributed by atoms with van der Waals surface area (Å²) in [5, 5.41) is 2.04. The summed E-state index contributed by atoms with van der Waals surface area (Å²) in [5.74, 6) is 0. The summed E-state index contributed by atoms with van der Waals surface area (Å²) in [5.41, 5.74) is 2.30. The molecule has 0 spiro atoms. The second kappa shape index (κ2) is 2.97. The molecule has 0 unspecified atom stereocenters. The summed E-state index contributed by atoms with van der Waals surface area (Å²) in [4.78, 5) is 0. The Morgan fingerprint density at radius 1 is 1.60 bits per heavy atom. The third-order valence-electron chi connectivity index (χ3n) is 1.39. The predicted octanol–water partition coefficient (Wildman–Crippen LogP) is 2.55. The van der Waals surface area contributed by atoms with Gasteiger partial charge in [0.2, 0.25) is 0 Å². The SMILES string of the molecule is C=C1C=CSN(C)C(C)=C1. The molecule has 0 aliphatic carbocycles. The summed E-state index contributed by atoms with van der Waals surface area (Å²) < 4.78 is 2.11. The molecule has 1 rings (SSSR count). The summed E-state index contributed by atoms with van der Waals surface area (Å²) >= 11 is 1.67. The van der Waals surface area contributed by atoms with Gasteiger partial charge in [-0.05, 0) is 42.0 Å². The van der Waals surface area contributed by atoms with Gasteiger partial charge in [-0.3, -0.25) is 0 Å². The lowest BCUT2D eigenvalue weighted by Crippen LogP contribution is -2.02. The minimum Gasteiger partial charge on any atom is -0.320 e. The van der Waals surface area contributed by atoms with Crippen molar-refractivity contribution in [2.75, 3.05) is 7.05 Å². The topological polar surface area (TPSA) is 3.24 Å². The van der Waals surface area contributed by atoms with Gasteiger partial charge < -0.3 is 4.31 Å². The monoisotopic (exact) mass is 153 g/mol. The van der Waals surface area contributed by atoms with Crippen LogP contribution in [0.3, 0.4) is 0 Å². The minimum atomic E-state index is 1.06. The third kappa shape index (κ3) is 1.67. The first kappa shape index (κ1) is 7.48. The molecule has 1 aliphatic rings. The van der Waals surface area contributed by atoms with Crippen LogP contribution in [0.5, 0.6) is 0 Å². The Hall–Kier alpha value is -0.630. The Bertz CT molecular complexity index is 203. The highest BCUT2D eigenvalue weighted by Gasteiger charge is 2.00. The van der Waals surface area contributed by atoms with Gasteiger partial charge in [0, 0.05) is 12.7 Å². The highest BCUT2D eigenvalue weighted by atomic mass is 32.2. The summed E-state index contributed by atoms with van der Waals surface area (Å²) in [7, 11) is 2.04. The Morgan fingerprint density at radius 2 is 2.30 bits per heavy atom. The molecule has 0 amide bonds. The second-order valence-electron chi connectivity index (χ2n) is 2.27. The molecular weight excluding hydrogens is 142 g/mol. The van der Waals surface area contributed by atoms with Crippen molar-refractivity contribution < 1.29 is 0 Å². The Morgan fingerprint density at radius 3 is 3.00 bits per heavy atom. The lowest BCUT2D eigenvalue weighted by Gasteiger charge is -2.13. The molecule has 0 aromatic carbocycles. The summed E-state index contributed by atoms with van der Waals surface area (Å²) in [6.45, 7) is 5.93. The lowest BCUT2D eigenvalue weighted by molar-refractivity contribution is 0.708. The molecule has 0 atom stereocenters. The zero-order valence-electron chi connectivity index (χ0n) is 6.29. The van der Waals surface area contributed by atoms with Crippen LogP contribution in [0.2, 0.25) is 0 Å². The van der Waals surface area contributed by atoms with Crippen LogP contribution in [0.25, 0.3) is 0 Å². The first-order valence-electron chi connectivity index (χ1n) is 3.14. The third-order valence-corrected chi connectivity index (χ3v) is 2.25. The molecule has 0 bridgehead atoms. The fourth-order valence-corrected chi connectivity index (χ4v) is 1.34. The first-order valence-corrected chi connectivity index (χ1v) is 3.98. The average Bonchev–Trinajstić information content (AvgIpc) is 1.96. The zero-order valence-corrected chi connectivity index (χ0v) is 7.11. The molecule has 0 saturated heterocycles. The molecular formula is C8H11NS. The van der Waals surface area contributed by atoms with Crippen molar-refractivity contribution >= 4 is 11.9 Å².